The summed E-state index contributed by atoms with van der Waals surface area (Å²) < 4.78 is 10.7. The Balaban J connectivity index is 2.88. The standard InChI is InChI=1S/C15H33NO2S/c16-10-12-18-14-13-17-11-8-6-4-2-1-3-5-7-9-15-19/h19H,1-16H2. The maximum atomic E-state index is 5.48. The van der Waals surface area contributed by atoms with E-state index in [2.05, 4.69) is 12.6 Å². The van der Waals surface area contributed by atoms with E-state index in [1.54, 1.807) is 0 Å². The summed E-state index contributed by atoms with van der Waals surface area (Å²) in [4.78, 5) is 0. The zero-order valence-corrected chi connectivity index (χ0v) is 13.3. The van der Waals surface area contributed by atoms with Crippen LogP contribution in [0, 0.1) is 0 Å². The van der Waals surface area contributed by atoms with Gasteiger partial charge in [-0.1, -0.05) is 44.9 Å². The van der Waals surface area contributed by atoms with Crippen LogP contribution in [-0.4, -0.2) is 38.7 Å². The predicted molar refractivity (Wildman–Crippen MR) is 86.1 cm³/mol. The summed E-state index contributed by atoms with van der Waals surface area (Å²) in [5.41, 5.74) is 5.31. The van der Waals surface area contributed by atoms with Crippen molar-refractivity contribution in [1.82, 2.24) is 0 Å². The first-order chi connectivity index (χ1) is 9.41. The number of nitrogens with two attached hydrogens (primary N) is 1. The van der Waals surface area contributed by atoms with Crippen LogP contribution in [0.3, 0.4) is 0 Å². The fourth-order valence-corrected chi connectivity index (χ4v) is 2.18. The maximum absolute atomic E-state index is 5.48. The van der Waals surface area contributed by atoms with E-state index in [4.69, 9.17) is 15.2 Å². The van der Waals surface area contributed by atoms with Crippen molar-refractivity contribution >= 4 is 12.6 Å². The quantitative estimate of drug-likeness (QED) is 0.338. The normalized spacial score (nSPS) is 11.1. The average molecular weight is 292 g/mol. The molecule has 0 aromatic heterocycles. The van der Waals surface area contributed by atoms with E-state index in [9.17, 15) is 0 Å². The fraction of sp³-hybridized carbons (Fsp3) is 1.00. The minimum Gasteiger partial charge on any atom is -0.379 e. The van der Waals surface area contributed by atoms with E-state index in [-0.39, 0.29) is 0 Å². The third-order valence-electron chi connectivity index (χ3n) is 3.08. The van der Waals surface area contributed by atoms with Crippen molar-refractivity contribution < 1.29 is 9.47 Å². The van der Waals surface area contributed by atoms with Gasteiger partial charge in [-0.15, -0.1) is 0 Å². The van der Waals surface area contributed by atoms with Crippen molar-refractivity contribution in [3.63, 3.8) is 0 Å². The van der Waals surface area contributed by atoms with Gasteiger partial charge in [0.15, 0.2) is 0 Å². The Morgan fingerprint density at radius 3 is 1.58 bits per heavy atom. The molecule has 0 spiro atoms. The Morgan fingerprint density at radius 1 is 0.579 bits per heavy atom. The zero-order valence-electron chi connectivity index (χ0n) is 12.4. The van der Waals surface area contributed by atoms with Crippen LogP contribution in [-0.2, 0) is 9.47 Å². The van der Waals surface area contributed by atoms with Gasteiger partial charge in [0.25, 0.3) is 0 Å². The van der Waals surface area contributed by atoms with E-state index in [0.717, 1.165) is 12.4 Å². The lowest BCUT2D eigenvalue weighted by molar-refractivity contribution is 0.0492. The molecular formula is C15H33NO2S. The highest BCUT2D eigenvalue weighted by Crippen LogP contribution is 2.09. The second kappa shape index (κ2) is 18.2. The fourth-order valence-electron chi connectivity index (χ4n) is 1.96. The smallest absolute Gasteiger partial charge is 0.0701 e. The molecule has 0 fully saturated rings. The highest BCUT2D eigenvalue weighted by Gasteiger charge is 1.93. The van der Waals surface area contributed by atoms with Crippen LogP contribution in [0.2, 0.25) is 0 Å². The minimum atomic E-state index is 0.592. The largest absolute Gasteiger partial charge is 0.379 e. The lowest BCUT2D eigenvalue weighted by atomic mass is 10.1. The molecular weight excluding hydrogens is 258 g/mol. The van der Waals surface area contributed by atoms with Gasteiger partial charge in [0.2, 0.25) is 0 Å². The van der Waals surface area contributed by atoms with E-state index in [0.29, 0.717) is 26.4 Å². The van der Waals surface area contributed by atoms with Gasteiger partial charge in [0.1, 0.15) is 0 Å². The van der Waals surface area contributed by atoms with Crippen molar-refractivity contribution in [3.05, 3.63) is 0 Å². The number of hydrogen-bond acceptors (Lipinski definition) is 4. The van der Waals surface area contributed by atoms with Crippen LogP contribution in [0.4, 0.5) is 0 Å². The number of thiol groups is 1. The average Bonchev–Trinajstić information content (AvgIpc) is 2.43. The molecule has 0 radical (unpaired) electrons. The molecule has 0 unspecified atom stereocenters. The van der Waals surface area contributed by atoms with Gasteiger partial charge >= 0.3 is 0 Å². The Morgan fingerprint density at radius 2 is 1.05 bits per heavy atom. The maximum Gasteiger partial charge on any atom is 0.0701 e. The van der Waals surface area contributed by atoms with Crippen LogP contribution >= 0.6 is 12.6 Å². The minimum absolute atomic E-state index is 0.592. The second-order valence-electron chi connectivity index (χ2n) is 4.92. The van der Waals surface area contributed by atoms with Crippen LogP contribution in [0.25, 0.3) is 0 Å². The third kappa shape index (κ3) is 18.2. The van der Waals surface area contributed by atoms with Crippen LogP contribution in [0.15, 0.2) is 0 Å². The van der Waals surface area contributed by atoms with E-state index in [1.807, 2.05) is 0 Å². The molecule has 2 N–H and O–H groups in total. The summed E-state index contributed by atoms with van der Waals surface area (Å²) in [5.74, 6) is 1.04. The number of unbranched alkanes of at least 4 members (excludes halogenated alkanes) is 8. The molecule has 0 atom stereocenters. The molecule has 0 amide bonds. The molecule has 0 aliphatic heterocycles. The summed E-state index contributed by atoms with van der Waals surface area (Å²) in [7, 11) is 0. The molecule has 0 heterocycles. The first-order valence-electron chi connectivity index (χ1n) is 7.88. The molecule has 4 heteroatoms. The van der Waals surface area contributed by atoms with Crippen molar-refractivity contribution in [1.29, 1.82) is 0 Å². The number of hydrogen-bond donors (Lipinski definition) is 2. The Hall–Kier alpha value is 0.230. The van der Waals surface area contributed by atoms with Gasteiger partial charge in [-0.2, -0.15) is 12.6 Å². The first kappa shape index (κ1) is 19.2. The van der Waals surface area contributed by atoms with Crippen LogP contribution in [0.1, 0.15) is 57.8 Å². The van der Waals surface area contributed by atoms with Gasteiger partial charge in [-0.05, 0) is 18.6 Å². The topological polar surface area (TPSA) is 44.5 Å². The van der Waals surface area contributed by atoms with Gasteiger partial charge in [0, 0.05) is 13.2 Å². The molecule has 0 aliphatic rings. The Kier molecular flexibility index (Phi) is 18.5. The lowest BCUT2D eigenvalue weighted by Gasteiger charge is -2.05. The molecule has 0 aliphatic carbocycles. The molecule has 0 saturated carbocycles. The molecule has 0 aromatic carbocycles. The summed E-state index contributed by atoms with van der Waals surface area (Å²) in [6.45, 7) is 3.47. The molecule has 19 heavy (non-hydrogen) atoms. The zero-order chi connectivity index (χ0) is 14.0. The summed E-state index contributed by atoms with van der Waals surface area (Å²) in [6, 6.07) is 0. The highest BCUT2D eigenvalue weighted by atomic mass is 32.1. The van der Waals surface area contributed by atoms with E-state index in [1.165, 1.54) is 57.8 Å². The number of rotatable bonds is 16. The monoisotopic (exact) mass is 291 g/mol. The molecule has 3 nitrogen and oxygen atoms in total. The molecule has 0 aromatic rings. The second-order valence-corrected chi connectivity index (χ2v) is 5.37. The molecule has 116 valence electrons. The van der Waals surface area contributed by atoms with Gasteiger partial charge in [-0.25, -0.2) is 0 Å². The van der Waals surface area contributed by atoms with Crippen molar-refractivity contribution in [3.8, 4) is 0 Å². The van der Waals surface area contributed by atoms with Crippen molar-refractivity contribution in [2.24, 2.45) is 5.73 Å². The molecule has 0 saturated heterocycles. The van der Waals surface area contributed by atoms with Gasteiger partial charge in [-0.3, -0.25) is 0 Å². The summed E-state index contributed by atoms with van der Waals surface area (Å²) >= 11 is 4.22. The van der Waals surface area contributed by atoms with Crippen molar-refractivity contribution in [2.75, 3.05) is 38.7 Å². The molecule has 0 bridgehead atoms. The Labute approximate surface area is 125 Å². The Bertz CT molecular complexity index is 143. The van der Waals surface area contributed by atoms with Crippen LogP contribution < -0.4 is 5.73 Å². The van der Waals surface area contributed by atoms with E-state index < -0.39 is 0 Å². The van der Waals surface area contributed by atoms with Crippen molar-refractivity contribution in [2.45, 2.75) is 57.8 Å². The SMILES string of the molecule is NCCOCCOCCCCCCCCCCCS. The van der Waals surface area contributed by atoms with E-state index >= 15 is 0 Å². The summed E-state index contributed by atoms with van der Waals surface area (Å²) in [5, 5.41) is 0. The number of ether oxygens (including phenoxy) is 2. The third-order valence-corrected chi connectivity index (χ3v) is 3.40. The van der Waals surface area contributed by atoms with Gasteiger partial charge in [0.05, 0.1) is 19.8 Å². The first-order valence-corrected chi connectivity index (χ1v) is 8.51. The van der Waals surface area contributed by atoms with Crippen LogP contribution in [0.5, 0.6) is 0 Å². The predicted octanol–water partition coefficient (Wildman–Crippen LogP) is 3.42. The van der Waals surface area contributed by atoms with Gasteiger partial charge < -0.3 is 15.2 Å². The summed E-state index contributed by atoms with van der Waals surface area (Å²) in [6.07, 6.45) is 12.0. The molecule has 0 rings (SSSR count). The highest BCUT2D eigenvalue weighted by molar-refractivity contribution is 7.80. The lowest BCUT2D eigenvalue weighted by Crippen LogP contribution is -2.12.